The molecule has 1 saturated heterocycles. The van der Waals surface area contributed by atoms with E-state index in [0.29, 0.717) is 5.56 Å². The van der Waals surface area contributed by atoms with Crippen LogP contribution in [0.3, 0.4) is 0 Å². The SMILES string of the molecule is Cc1ccc(C(=O)N[C@H]2CCCNC2)c(Br)c1.Cl. The van der Waals surface area contributed by atoms with Crippen molar-refractivity contribution in [3.8, 4) is 0 Å². The average molecular weight is 334 g/mol. The lowest BCUT2D eigenvalue weighted by molar-refractivity contribution is 0.0930. The predicted molar refractivity (Wildman–Crippen MR) is 79.5 cm³/mol. The van der Waals surface area contributed by atoms with E-state index in [2.05, 4.69) is 26.6 Å². The van der Waals surface area contributed by atoms with Crippen molar-refractivity contribution in [3.63, 3.8) is 0 Å². The van der Waals surface area contributed by atoms with E-state index in [-0.39, 0.29) is 24.4 Å². The number of carbonyl (C=O) groups excluding carboxylic acids is 1. The van der Waals surface area contributed by atoms with E-state index in [1.807, 2.05) is 25.1 Å². The Kier molecular flexibility index (Phi) is 6.12. The minimum atomic E-state index is 0. The van der Waals surface area contributed by atoms with Crippen LogP contribution in [0.5, 0.6) is 0 Å². The zero-order valence-corrected chi connectivity index (χ0v) is 12.7. The first kappa shape index (κ1) is 15.5. The van der Waals surface area contributed by atoms with Gasteiger partial charge in [-0.25, -0.2) is 0 Å². The molecule has 0 spiro atoms. The predicted octanol–water partition coefficient (Wildman–Crippen LogP) is 2.66. The number of hydrogen-bond acceptors (Lipinski definition) is 2. The van der Waals surface area contributed by atoms with Gasteiger partial charge in [-0.05, 0) is 59.9 Å². The number of rotatable bonds is 2. The molecule has 0 bridgehead atoms. The fourth-order valence-corrected chi connectivity index (χ4v) is 2.72. The van der Waals surface area contributed by atoms with Crippen molar-refractivity contribution in [3.05, 3.63) is 33.8 Å². The second-order valence-electron chi connectivity index (χ2n) is 4.50. The van der Waals surface area contributed by atoms with E-state index in [4.69, 9.17) is 0 Å². The van der Waals surface area contributed by atoms with Crippen LogP contribution < -0.4 is 10.6 Å². The summed E-state index contributed by atoms with van der Waals surface area (Å²) in [5, 5.41) is 6.35. The van der Waals surface area contributed by atoms with E-state index < -0.39 is 0 Å². The number of benzene rings is 1. The number of nitrogens with one attached hydrogen (secondary N) is 2. The molecule has 3 nitrogen and oxygen atoms in total. The summed E-state index contributed by atoms with van der Waals surface area (Å²) < 4.78 is 0.860. The van der Waals surface area contributed by atoms with Gasteiger partial charge in [0.1, 0.15) is 0 Å². The Labute approximate surface area is 122 Å². The Morgan fingerprint density at radius 1 is 1.50 bits per heavy atom. The summed E-state index contributed by atoms with van der Waals surface area (Å²) in [4.78, 5) is 12.1. The number of aryl methyl sites for hydroxylation is 1. The topological polar surface area (TPSA) is 41.1 Å². The van der Waals surface area contributed by atoms with Crippen LogP contribution in [-0.4, -0.2) is 25.0 Å². The van der Waals surface area contributed by atoms with Gasteiger partial charge in [0.15, 0.2) is 0 Å². The van der Waals surface area contributed by atoms with E-state index in [0.717, 1.165) is 36.0 Å². The summed E-state index contributed by atoms with van der Waals surface area (Å²) in [6, 6.07) is 6.04. The third-order valence-electron chi connectivity index (χ3n) is 3.00. The Morgan fingerprint density at radius 3 is 2.89 bits per heavy atom. The Balaban J connectivity index is 0.00000162. The van der Waals surface area contributed by atoms with Gasteiger partial charge in [0.2, 0.25) is 0 Å². The second-order valence-corrected chi connectivity index (χ2v) is 5.35. The third-order valence-corrected chi connectivity index (χ3v) is 3.66. The number of amides is 1. The number of hydrogen-bond donors (Lipinski definition) is 2. The Bertz CT molecular complexity index is 419. The highest BCUT2D eigenvalue weighted by Crippen LogP contribution is 2.18. The van der Waals surface area contributed by atoms with Gasteiger partial charge in [0, 0.05) is 17.1 Å². The van der Waals surface area contributed by atoms with Gasteiger partial charge in [0.05, 0.1) is 5.56 Å². The summed E-state index contributed by atoms with van der Waals surface area (Å²) in [5.74, 6) is 0.00516. The van der Waals surface area contributed by atoms with Gasteiger partial charge in [0.25, 0.3) is 5.91 Å². The van der Waals surface area contributed by atoms with Gasteiger partial charge in [-0.1, -0.05) is 6.07 Å². The number of piperidine rings is 1. The van der Waals surface area contributed by atoms with Crippen LogP contribution in [-0.2, 0) is 0 Å². The molecule has 0 radical (unpaired) electrons. The summed E-state index contributed by atoms with van der Waals surface area (Å²) in [6.07, 6.45) is 2.18. The lowest BCUT2D eigenvalue weighted by atomic mass is 10.1. The van der Waals surface area contributed by atoms with E-state index >= 15 is 0 Å². The van der Waals surface area contributed by atoms with Crippen LogP contribution in [0.25, 0.3) is 0 Å². The molecule has 100 valence electrons. The molecule has 18 heavy (non-hydrogen) atoms. The maximum absolute atomic E-state index is 12.1. The molecule has 1 aromatic rings. The van der Waals surface area contributed by atoms with Crippen LogP contribution in [0.2, 0.25) is 0 Å². The molecular formula is C13H18BrClN2O. The summed E-state index contributed by atoms with van der Waals surface area (Å²) >= 11 is 3.44. The van der Waals surface area contributed by atoms with Crippen LogP contribution in [0.1, 0.15) is 28.8 Å². The second kappa shape index (κ2) is 7.12. The highest BCUT2D eigenvalue weighted by Gasteiger charge is 2.17. The molecule has 1 aromatic carbocycles. The largest absolute Gasteiger partial charge is 0.348 e. The first-order valence-corrected chi connectivity index (χ1v) is 6.74. The fourth-order valence-electron chi connectivity index (χ4n) is 2.04. The minimum Gasteiger partial charge on any atom is -0.348 e. The highest BCUT2D eigenvalue weighted by molar-refractivity contribution is 9.10. The van der Waals surface area contributed by atoms with Crippen molar-refractivity contribution in [1.82, 2.24) is 10.6 Å². The lowest BCUT2D eigenvalue weighted by Gasteiger charge is -2.24. The first-order valence-electron chi connectivity index (χ1n) is 5.94. The smallest absolute Gasteiger partial charge is 0.252 e. The molecule has 1 atom stereocenters. The van der Waals surface area contributed by atoms with Crippen molar-refractivity contribution in [2.45, 2.75) is 25.8 Å². The molecule has 2 N–H and O–H groups in total. The van der Waals surface area contributed by atoms with Crippen molar-refractivity contribution in [2.24, 2.45) is 0 Å². The first-order chi connectivity index (χ1) is 8.16. The quantitative estimate of drug-likeness (QED) is 0.873. The van der Waals surface area contributed by atoms with E-state index in [9.17, 15) is 4.79 Å². The standard InChI is InChI=1S/C13H17BrN2O.ClH/c1-9-4-5-11(12(14)7-9)13(17)16-10-3-2-6-15-8-10;/h4-5,7,10,15H,2-3,6,8H2,1H3,(H,16,17);1H/t10-;/m0./s1. The van der Waals surface area contributed by atoms with Gasteiger partial charge in [-0.2, -0.15) is 0 Å². The minimum absolute atomic E-state index is 0. The zero-order valence-electron chi connectivity index (χ0n) is 10.3. The van der Waals surface area contributed by atoms with Gasteiger partial charge in [-0.15, -0.1) is 12.4 Å². The van der Waals surface area contributed by atoms with Gasteiger partial charge in [-0.3, -0.25) is 4.79 Å². The van der Waals surface area contributed by atoms with Crippen molar-refractivity contribution >= 4 is 34.2 Å². The van der Waals surface area contributed by atoms with Crippen molar-refractivity contribution < 1.29 is 4.79 Å². The fraction of sp³-hybridized carbons (Fsp3) is 0.462. The summed E-state index contributed by atoms with van der Waals surface area (Å²) in [7, 11) is 0. The Hall–Kier alpha value is -0.580. The molecular weight excluding hydrogens is 316 g/mol. The molecule has 1 heterocycles. The monoisotopic (exact) mass is 332 g/mol. The highest BCUT2D eigenvalue weighted by atomic mass is 79.9. The molecule has 0 saturated carbocycles. The zero-order chi connectivity index (χ0) is 12.3. The molecule has 5 heteroatoms. The molecule has 1 fully saturated rings. The lowest BCUT2D eigenvalue weighted by Crippen LogP contribution is -2.45. The number of carbonyl (C=O) groups is 1. The van der Waals surface area contributed by atoms with Crippen LogP contribution in [0.15, 0.2) is 22.7 Å². The average Bonchev–Trinajstić information content (AvgIpc) is 2.30. The van der Waals surface area contributed by atoms with E-state index in [1.165, 1.54) is 0 Å². The van der Waals surface area contributed by atoms with Crippen molar-refractivity contribution in [2.75, 3.05) is 13.1 Å². The summed E-state index contributed by atoms with van der Waals surface area (Å²) in [5.41, 5.74) is 1.86. The molecule has 0 aliphatic carbocycles. The molecule has 1 aliphatic heterocycles. The van der Waals surface area contributed by atoms with Crippen molar-refractivity contribution in [1.29, 1.82) is 0 Å². The maximum atomic E-state index is 12.1. The number of halogens is 2. The van der Waals surface area contributed by atoms with Gasteiger partial charge < -0.3 is 10.6 Å². The van der Waals surface area contributed by atoms with Crippen LogP contribution >= 0.6 is 28.3 Å². The Morgan fingerprint density at radius 2 is 2.28 bits per heavy atom. The van der Waals surface area contributed by atoms with Crippen LogP contribution in [0, 0.1) is 6.92 Å². The molecule has 1 aliphatic rings. The normalized spacial score (nSPS) is 18.9. The molecule has 1 amide bonds. The van der Waals surface area contributed by atoms with E-state index in [1.54, 1.807) is 0 Å². The third kappa shape index (κ3) is 3.97. The maximum Gasteiger partial charge on any atom is 0.252 e. The molecule has 0 unspecified atom stereocenters. The molecule has 2 rings (SSSR count). The molecule has 0 aromatic heterocycles. The summed E-state index contributed by atoms with van der Waals surface area (Å²) in [6.45, 7) is 3.94. The van der Waals surface area contributed by atoms with Gasteiger partial charge >= 0.3 is 0 Å². The van der Waals surface area contributed by atoms with Crippen LogP contribution in [0.4, 0.5) is 0 Å².